The van der Waals surface area contributed by atoms with Crippen LogP contribution in [-0.4, -0.2) is 12.1 Å². The fourth-order valence-corrected chi connectivity index (χ4v) is 2.71. The molecule has 2 rings (SSSR count). The van der Waals surface area contributed by atoms with Gasteiger partial charge in [-0.2, -0.15) is 0 Å². The smallest absolute Gasteiger partial charge is 0.0720 e. The Hall–Kier alpha value is -0.860. The maximum Gasteiger partial charge on any atom is 0.0720 e. The van der Waals surface area contributed by atoms with Gasteiger partial charge in [0.2, 0.25) is 0 Å². The minimum atomic E-state index is -0.0841. The van der Waals surface area contributed by atoms with Crippen molar-refractivity contribution in [2.24, 2.45) is 5.73 Å². The molecule has 2 nitrogen and oxygen atoms in total. The molecular formula is C16H25NO. The van der Waals surface area contributed by atoms with E-state index in [1.807, 2.05) is 0 Å². The lowest BCUT2D eigenvalue weighted by Crippen LogP contribution is -2.43. The molecule has 1 fully saturated rings. The third kappa shape index (κ3) is 3.82. The molecule has 1 saturated carbocycles. The molecule has 0 aromatic heterocycles. The molecule has 0 heterocycles. The molecule has 1 aliphatic rings. The topological polar surface area (TPSA) is 35.2 Å². The molecule has 2 heteroatoms. The van der Waals surface area contributed by atoms with E-state index in [1.165, 1.54) is 36.8 Å². The average molecular weight is 247 g/mol. The summed E-state index contributed by atoms with van der Waals surface area (Å²) in [5.41, 5.74) is 8.92. The van der Waals surface area contributed by atoms with E-state index >= 15 is 0 Å². The molecule has 0 bridgehead atoms. The van der Waals surface area contributed by atoms with E-state index in [1.54, 1.807) is 0 Å². The molecular weight excluding hydrogens is 222 g/mol. The van der Waals surface area contributed by atoms with Gasteiger partial charge in [-0.3, -0.25) is 0 Å². The number of ether oxygens (including phenoxy) is 1. The lowest BCUT2D eigenvalue weighted by molar-refractivity contribution is 0.0664. The summed E-state index contributed by atoms with van der Waals surface area (Å²) in [6, 6.07) is 8.39. The molecule has 0 saturated heterocycles. The summed E-state index contributed by atoms with van der Waals surface area (Å²) < 4.78 is 5.87. The Morgan fingerprint density at radius 2 is 1.78 bits per heavy atom. The standard InChI is InChI=1S/C16H25NO/c1-14-8-4-5-9-15(14)12-18-13-16(17)10-6-2-3-7-11-16/h4-5,8-9H,2-3,6-7,10-13,17H2,1H3. The van der Waals surface area contributed by atoms with E-state index in [4.69, 9.17) is 10.5 Å². The highest BCUT2D eigenvalue weighted by Gasteiger charge is 2.26. The van der Waals surface area contributed by atoms with Crippen molar-refractivity contribution in [2.75, 3.05) is 6.61 Å². The van der Waals surface area contributed by atoms with Crippen molar-refractivity contribution in [1.82, 2.24) is 0 Å². The highest BCUT2D eigenvalue weighted by Crippen LogP contribution is 2.25. The summed E-state index contributed by atoms with van der Waals surface area (Å²) in [5, 5.41) is 0. The molecule has 2 N–H and O–H groups in total. The van der Waals surface area contributed by atoms with Crippen LogP contribution < -0.4 is 5.73 Å². The molecule has 1 aromatic carbocycles. The molecule has 0 unspecified atom stereocenters. The van der Waals surface area contributed by atoms with Crippen LogP contribution in [0.1, 0.15) is 49.7 Å². The predicted octanol–water partition coefficient (Wildman–Crippen LogP) is 3.56. The number of hydrogen-bond donors (Lipinski definition) is 1. The van der Waals surface area contributed by atoms with Crippen LogP contribution in [0.15, 0.2) is 24.3 Å². The van der Waals surface area contributed by atoms with E-state index in [9.17, 15) is 0 Å². The fraction of sp³-hybridized carbons (Fsp3) is 0.625. The molecule has 18 heavy (non-hydrogen) atoms. The van der Waals surface area contributed by atoms with Crippen LogP contribution in [0.25, 0.3) is 0 Å². The Balaban J connectivity index is 1.82. The summed E-state index contributed by atoms with van der Waals surface area (Å²) in [4.78, 5) is 0. The number of nitrogens with two attached hydrogens (primary N) is 1. The zero-order valence-electron chi connectivity index (χ0n) is 11.5. The first-order chi connectivity index (χ1) is 8.70. The van der Waals surface area contributed by atoms with E-state index in [0.29, 0.717) is 13.2 Å². The Kier molecular flexibility index (Phi) is 4.79. The Labute approximate surface area is 111 Å². The second-order valence-corrected chi connectivity index (χ2v) is 5.70. The van der Waals surface area contributed by atoms with Gasteiger partial charge in [-0.05, 0) is 30.9 Å². The first-order valence-corrected chi connectivity index (χ1v) is 7.11. The minimum absolute atomic E-state index is 0.0841. The largest absolute Gasteiger partial charge is 0.375 e. The molecule has 0 amide bonds. The Morgan fingerprint density at radius 1 is 1.11 bits per heavy atom. The zero-order chi connectivity index (χ0) is 12.8. The second-order valence-electron chi connectivity index (χ2n) is 5.70. The van der Waals surface area contributed by atoms with Gasteiger partial charge in [-0.15, -0.1) is 0 Å². The molecule has 100 valence electrons. The molecule has 0 spiro atoms. The van der Waals surface area contributed by atoms with Gasteiger partial charge in [-0.1, -0.05) is 49.9 Å². The molecule has 1 aromatic rings. The lowest BCUT2D eigenvalue weighted by atomic mass is 9.92. The normalized spacial score (nSPS) is 19.4. The van der Waals surface area contributed by atoms with Gasteiger partial charge in [0.25, 0.3) is 0 Å². The zero-order valence-corrected chi connectivity index (χ0v) is 11.5. The Morgan fingerprint density at radius 3 is 2.44 bits per heavy atom. The summed E-state index contributed by atoms with van der Waals surface area (Å²) in [5.74, 6) is 0. The summed E-state index contributed by atoms with van der Waals surface area (Å²) in [7, 11) is 0. The van der Waals surface area contributed by atoms with Gasteiger partial charge in [0, 0.05) is 5.54 Å². The van der Waals surface area contributed by atoms with Crippen molar-refractivity contribution >= 4 is 0 Å². The van der Waals surface area contributed by atoms with Gasteiger partial charge in [0.05, 0.1) is 13.2 Å². The van der Waals surface area contributed by atoms with Crippen LogP contribution in [0.2, 0.25) is 0 Å². The van der Waals surface area contributed by atoms with Crippen molar-refractivity contribution in [3.63, 3.8) is 0 Å². The van der Waals surface area contributed by atoms with Crippen molar-refractivity contribution in [3.05, 3.63) is 35.4 Å². The number of benzene rings is 1. The second kappa shape index (κ2) is 6.35. The summed E-state index contributed by atoms with van der Waals surface area (Å²) in [6.07, 6.45) is 7.39. The summed E-state index contributed by atoms with van der Waals surface area (Å²) in [6.45, 7) is 3.51. The lowest BCUT2D eigenvalue weighted by Gasteiger charge is -2.27. The average Bonchev–Trinajstić information content (AvgIpc) is 2.57. The maximum atomic E-state index is 6.44. The quantitative estimate of drug-likeness (QED) is 0.826. The minimum Gasteiger partial charge on any atom is -0.375 e. The van der Waals surface area contributed by atoms with E-state index < -0.39 is 0 Å². The highest BCUT2D eigenvalue weighted by atomic mass is 16.5. The first kappa shape index (κ1) is 13.6. The van der Waals surface area contributed by atoms with Crippen LogP contribution in [0, 0.1) is 6.92 Å². The number of hydrogen-bond acceptors (Lipinski definition) is 2. The van der Waals surface area contributed by atoms with Crippen LogP contribution in [0.5, 0.6) is 0 Å². The monoisotopic (exact) mass is 247 g/mol. The molecule has 0 radical (unpaired) electrons. The van der Waals surface area contributed by atoms with Crippen LogP contribution in [0.4, 0.5) is 0 Å². The van der Waals surface area contributed by atoms with E-state index in [0.717, 1.165) is 12.8 Å². The van der Waals surface area contributed by atoms with Crippen LogP contribution >= 0.6 is 0 Å². The van der Waals surface area contributed by atoms with Gasteiger partial charge in [-0.25, -0.2) is 0 Å². The number of aryl methyl sites for hydroxylation is 1. The predicted molar refractivity (Wildman–Crippen MR) is 75.5 cm³/mol. The molecule has 0 atom stereocenters. The fourth-order valence-electron chi connectivity index (χ4n) is 2.71. The maximum absolute atomic E-state index is 6.44. The third-order valence-electron chi connectivity index (χ3n) is 4.01. The van der Waals surface area contributed by atoms with E-state index in [2.05, 4.69) is 31.2 Å². The van der Waals surface area contributed by atoms with Crippen LogP contribution in [0.3, 0.4) is 0 Å². The van der Waals surface area contributed by atoms with Gasteiger partial charge < -0.3 is 10.5 Å². The van der Waals surface area contributed by atoms with Crippen molar-refractivity contribution < 1.29 is 4.74 Å². The van der Waals surface area contributed by atoms with Crippen molar-refractivity contribution in [2.45, 2.75) is 57.6 Å². The van der Waals surface area contributed by atoms with Crippen LogP contribution in [-0.2, 0) is 11.3 Å². The van der Waals surface area contributed by atoms with Gasteiger partial charge in [0.15, 0.2) is 0 Å². The van der Waals surface area contributed by atoms with Crippen molar-refractivity contribution in [1.29, 1.82) is 0 Å². The number of rotatable bonds is 4. The highest BCUT2D eigenvalue weighted by molar-refractivity contribution is 5.24. The van der Waals surface area contributed by atoms with Crippen molar-refractivity contribution in [3.8, 4) is 0 Å². The first-order valence-electron chi connectivity index (χ1n) is 7.11. The molecule has 1 aliphatic carbocycles. The SMILES string of the molecule is Cc1ccccc1COCC1(N)CCCCCC1. The van der Waals surface area contributed by atoms with Gasteiger partial charge in [0.1, 0.15) is 0 Å². The molecule has 0 aliphatic heterocycles. The van der Waals surface area contributed by atoms with E-state index in [-0.39, 0.29) is 5.54 Å². The third-order valence-corrected chi connectivity index (χ3v) is 4.01. The van der Waals surface area contributed by atoms with Gasteiger partial charge >= 0.3 is 0 Å². The Bertz CT molecular complexity index is 367. The summed E-state index contributed by atoms with van der Waals surface area (Å²) >= 11 is 0.